The van der Waals surface area contributed by atoms with Gasteiger partial charge in [0, 0.05) is 21.5 Å². The topological polar surface area (TPSA) is 57.7 Å². The second kappa shape index (κ2) is 9.06. The number of pyridine rings is 1. The van der Waals surface area contributed by atoms with Crippen LogP contribution in [-0.2, 0) is 11.3 Å². The maximum absolute atomic E-state index is 13.0. The summed E-state index contributed by atoms with van der Waals surface area (Å²) in [6.45, 7) is 0.0842. The highest BCUT2D eigenvalue weighted by molar-refractivity contribution is 6.31. The van der Waals surface area contributed by atoms with Gasteiger partial charge in [0.25, 0.3) is 0 Å². The summed E-state index contributed by atoms with van der Waals surface area (Å²) < 4.78 is 16.3. The lowest BCUT2D eigenvalue weighted by Gasteiger charge is -2.12. The Morgan fingerprint density at radius 3 is 2.42 bits per heavy atom. The zero-order valence-corrected chi connectivity index (χ0v) is 17.8. The Morgan fingerprint density at radius 1 is 0.903 bits per heavy atom. The Morgan fingerprint density at radius 2 is 1.65 bits per heavy atom. The predicted octanol–water partition coefficient (Wildman–Crippen LogP) is 5.93. The molecule has 6 heteroatoms. The van der Waals surface area contributed by atoms with Gasteiger partial charge in [0.05, 0.1) is 31.0 Å². The third-order valence-corrected chi connectivity index (χ3v) is 5.30. The fraction of sp³-hybridized carbons (Fsp3) is 0.120. The fourth-order valence-electron chi connectivity index (χ4n) is 3.32. The number of rotatable bonds is 6. The molecule has 3 aromatic carbocycles. The monoisotopic (exact) mass is 433 g/mol. The van der Waals surface area contributed by atoms with Crippen molar-refractivity contribution in [1.29, 1.82) is 0 Å². The molecule has 0 N–H and O–H groups in total. The average Bonchev–Trinajstić information content (AvgIpc) is 2.82. The van der Waals surface area contributed by atoms with Crippen LogP contribution in [0.3, 0.4) is 0 Å². The van der Waals surface area contributed by atoms with Crippen molar-refractivity contribution in [3.05, 3.63) is 88.9 Å². The Hall–Kier alpha value is -3.57. The molecule has 0 spiro atoms. The van der Waals surface area contributed by atoms with E-state index in [0.717, 1.165) is 16.5 Å². The minimum atomic E-state index is -0.444. The van der Waals surface area contributed by atoms with Crippen molar-refractivity contribution in [1.82, 2.24) is 4.98 Å². The van der Waals surface area contributed by atoms with Crippen LogP contribution in [0.1, 0.15) is 15.9 Å². The molecule has 1 aromatic heterocycles. The number of hydrogen-bond donors (Lipinski definition) is 0. The standard InChI is InChI=1S/C25H20ClNO4/c1-29-23-12-11-16(13-24(23)30-2)22-14-19(18-8-4-6-10-21(18)27-22)25(28)31-15-17-7-3-5-9-20(17)26/h3-14H,15H2,1-2H3. The minimum Gasteiger partial charge on any atom is -0.493 e. The Kier molecular flexibility index (Phi) is 6.05. The Balaban J connectivity index is 1.73. The molecule has 0 radical (unpaired) electrons. The summed E-state index contributed by atoms with van der Waals surface area (Å²) in [4.78, 5) is 17.7. The van der Waals surface area contributed by atoms with Crippen LogP contribution in [0, 0.1) is 0 Å². The second-order valence-corrected chi connectivity index (χ2v) is 7.22. The van der Waals surface area contributed by atoms with Crippen LogP contribution in [-0.4, -0.2) is 25.2 Å². The van der Waals surface area contributed by atoms with Crippen LogP contribution in [0.4, 0.5) is 0 Å². The summed E-state index contributed by atoms with van der Waals surface area (Å²) in [6, 6.07) is 22.0. The third kappa shape index (κ3) is 4.32. The highest BCUT2D eigenvalue weighted by Gasteiger charge is 2.17. The van der Waals surface area contributed by atoms with Crippen LogP contribution in [0.25, 0.3) is 22.2 Å². The van der Waals surface area contributed by atoms with E-state index in [1.807, 2.05) is 54.6 Å². The Labute approximate surface area is 185 Å². The van der Waals surface area contributed by atoms with Crippen LogP contribution in [0.2, 0.25) is 5.02 Å². The summed E-state index contributed by atoms with van der Waals surface area (Å²) in [5.74, 6) is 0.754. The number of fused-ring (bicyclic) bond motifs is 1. The number of esters is 1. The van der Waals surface area contributed by atoms with E-state index in [1.54, 1.807) is 32.4 Å². The molecule has 5 nitrogen and oxygen atoms in total. The van der Waals surface area contributed by atoms with E-state index in [2.05, 4.69) is 0 Å². The largest absolute Gasteiger partial charge is 0.493 e. The van der Waals surface area contributed by atoms with Gasteiger partial charge in [0.15, 0.2) is 11.5 Å². The van der Waals surface area contributed by atoms with E-state index in [0.29, 0.717) is 33.3 Å². The molecule has 0 unspecified atom stereocenters. The van der Waals surface area contributed by atoms with Gasteiger partial charge in [-0.1, -0.05) is 48.0 Å². The lowest BCUT2D eigenvalue weighted by Crippen LogP contribution is -2.07. The number of benzene rings is 3. The number of methoxy groups -OCH3 is 2. The predicted molar refractivity (Wildman–Crippen MR) is 121 cm³/mol. The zero-order chi connectivity index (χ0) is 21.8. The molecule has 4 aromatic rings. The first-order valence-electron chi connectivity index (χ1n) is 9.63. The number of aromatic nitrogens is 1. The van der Waals surface area contributed by atoms with E-state index >= 15 is 0 Å². The molecular weight excluding hydrogens is 414 g/mol. The maximum atomic E-state index is 13.0. The fourth-order valence-corrected chi connectivity index (χ4v) is 3.51. The van der Waals surface area contributed by atoms with E-state index in [4.69, 9.17) is 30.8 Å². The number of halogens is 1. The smallest absolute Gasteiger partial charge is 0.339 e. The number of carbonyl (C=O) groups is 1. The first kappa shape index (κ1) is 20.7. The van der Waals surface area contributed by atoms with Gasteiger partial charge in [-0.15, -0.1) is 0 Å². The van der Waals surface area contributed by atoms with E-state index < -0.39 is 5.97 Å². The summed E-state index contributed by atoms with van der Waals surface area (Å²) in [5, 5.41) is 1.27. The van der Waals surface area contributed by atoms with Crippen LogP contribution >= 0.6 is 11.6 Å². The number of para-hydroxylation sites is 1. The number of hydrogen-bond acceptors (Lipinski definition) is 5. The molecule has 156 valence electrons. The van der Waals surface area contributed by atoms with Gasteiger partial charge in [0.2, 0.25) is 0 Å². The van der Waals surface area contributed by atoms with E-state index in [-0.39, 0.29) is 6.61 Å². The van der Waals surface area contributed by atoms with Crippen LogP contribution in [0.15, 0.2) is 72.8 Å². The molecule has 1 heterocycles. The van der Waals surface area contributed by atoms with Gasteiger partial charge >= 0.3 is 5.97 Å². The molecular formula is C25H20ClNO4. The van der Waals surface area contributed by atoms with Crippen LogP contribution < -0.4 is 9.47 Å². The molecule has 31 heavy (non-hydrogen) atoms. The quantitative estimate of drug-likeness (QED) is 0.353. The molecule has 0 saturated heterocycles. The maximum Gasteiger partial charge on any atom is 0.339 e. The molecule has 0 saturated carbocycles. The normalized spacial score (nSPS) is 10.7. The molecule has 4 rings (SSSR count). The van der Waals surface area contributed by atoms with Gasteiger partial charge in [0.1, 0.15) is 6.61 Å². The van der Waals surface area contributed by atoms with Gasteiger partial charge in [-0.05, 0) is 36.4 Å². The average molecular weight is 434 g/mol. The minimum absolute atomic E-state index is 0.0842. The van der Waals surface area contributed by atoms with Crippen LogP contribution in [0.5, 0.6) is 11.5 Å². The summed E-state index contributed by atoms with van der Waals surface area (Å²) in [7, 11) is 3.16. The van der Waals surface area contributed by atoms with Gasteiger partial charge in [-0.3, -0.25) is 0 Å². The van der Waals surface area contributed by atoms with Crippen molar-refractivity contribution < 1.29 is 19.0 Å². The number of ether oxygens (including phenoxy) is 3. The SMILES string of the molecule is COc1ccc(-c2cc(C(=O)OCc3ccccc3Cl)c3ccccc3n2)cc1OC. The molecule has 0 bridgehead atoms. The number of nitrogens with zero attached hydrogens (tertiary/aromatic N) is 1. The third-order valence-electron chi connectivity index (χ3n) is 4.93. The van der Waals surface area contributed by atoms with Gasteiger partial charge in [-0.25, -0.2) is 9.78 Å². The zero-order valence-electron chi connectivity index (χ0n) is 17.1. The lowest BCUT2D eigenvalue weighted by atomic mass is 10.0. The van der Waals surface area contributed by atoms with Gasteiger partial charge < -0.3 is 14.2 Å². The van der Waals surface area contributed by atoms with Crippen molar-refractivity contribution in [2.45, 2.75) is 6.61 Å². The summed E-state index contributed by atoms with van der Waals surface area (Å²) in [5.41, 5.74) is 3.30. The first-order valence-corrected chi connectivity index (χ1v) is 10.0. The first-order chi connectivity index (χ1) is 15.1. The highest BCUT2D eigenvalue weighted by Crippen LogP contribution is 2.33. The van der Waals surface area contributed by atoms with E-state index in [9.17, 15) is 4.79 Å². The number of carbonyl (C=O) groups excluding carboxylic acids is 1. The molecule has 0 atom stereocenters. The van der Waals surface area contributed by atoms with Crippen molar-refractivity contribution in [3.8, 4) is 22.8 Å². The van der Waals surface area contributed by atoms with E-state index in [1.165, 1.54) is 0 Å². The Bertz CT molecular complexity index is 1260. The molecule has 0 aliphatic rings. The highest BCUT2D eigenvalue weighted by atomic mass is 35.5. The molecule has 0 aliphatic carbocycles. The summed E-state index contributed by atoms with van der Waals surface area (Å²) >= 11 is 6.18. The van der Waals surface area contributed by atoms with Gasteiger partial charge in [-0.2, -0.15) is 0 Å². The lowest BCUT2D eigenvalue weighted by molar-refractivity contribution is 0.0475. The molecule has 0 fully saturated rings. The second-order valence-electron chi connectivity index (χ2n) is 6.81. The summed E-state index contributed by atoms with van der Waals surface area (Å²) in [6.07, 6.45) is 0. The van der Waals surface area contributed by atoms with Crippen molar-refractivity contribution in [3.63, 3.8) is 0 Å². The van der Waals surface area contributed by atoms with Crippen molar-refractivity contribution >= 4 is 28.5 Å². The van der Waals surface area contributed by atoms with Crippen molar-refractivity contribution in [2.24, 2.45) is 0 Å². The van der Waals surface area contributed by atoms with Crippen molar-refractivity contribution in [2.75, 3.05) is 14.2 Å². The molecule has 0 amide bonds. The molecule has 0 aliphatic heterocycles.